The molecule has 2 aliphatic rings. The number of methoxy groups -OCH3 is 1. The standard InChI is InChI=1S/C18H21N3O6/c1-11-15(17(22)27-9-8-26-2)16(19-18(23)20(11)13-6-7-13)12-4-3-5-14(10-12)21(24)25/h3-5,10,13,16H,6-9H2,1-2H3,(H,19,23)/t16-/m0/s1. The molecule has 9 nitrogen and oxygen atoms in total. The van der Waals surface area contributed by atoms with Crippen molar-refractivity contribution in [1.29, 1.82) is 0 Å². The molecule has 0 bridgehead atoms. The Morgan fingerprint density at radius 2 is 2.11 bits per heavy atom. The Morgan fingerprint density at radius 3 is 2.74 bits per heavy atom. The Labute approximate surface area is 156 Å². The van der Waals surface area contributed by atoms with E-state index in [-0.39, 0.29) is 36.5 Å². The van der Waals surface area contributed by atoms with Crippen LogP contribution in [-0.4, -0.2) is 48.2 Å². The fourth-order valence-electron chi connectivity index (χ4n) is 3.16. The Bertz CT molecular complexity index is 802. The van der Waals surface area contributed by atoms with Crippen molar-refractivity contribution in [2.24, 2.45) is 0 Å². The molecule has 27 heavy (non-hydrogen) atoms. The summed E-state index contributed by atoms with van der Waals surface area (Å²) in [5.74, 6) is -0.577. The van der Waals surface area contributed by atoms with Crippen LogP contribution < -0.4 is 5.32 Å². The second kappa shape index (κ2) is 7.75. The van der Waals surface area contributed by atoms with E-state index in [0.29, 0.717) is 11.3 Å². The van der Waals surface area contributed by atoms with E-state index in [1.165, 1.54) is 25.3 Å². The number of hydrogen-bond acceptors (Lipinski definition) is 6. The van der Waals surface area contributed by atoms with E-state index in [0.717, 1.165) is 12.8 Å². The zero-order chi connectivity index (χ0) is 19.6. The summed E-state index contributed by atoms with van der Waals surface area (Å²) >= 11 is 0. The molecule has 1 aliphatic heterocycles. The van der Waals surface area contributed by atoms with Gasteiger partial charge < -0.3 is 14.8 Å². The lowest BCUT2D eigenvalue weighted by Gasteiger charge is -2.35. The van der Waals surface area contributed by atoms with Crippen molar-refractivity contribution in [3.8, 4) is 0 Å². The summed E-state index contributed by atoms with van der Waals surface area (Å²) in [6.07, 6.45) is 1.75. The van der Waals surface area contributed by atoms with Gasteiger partial charge in [-0.15, -0.1) is 0 Å². The molecule has 1 saturated carbocycles. The number of amides is 2. The molecule has 9 heteroatoms. The molecule has 2 amide bonds. The maximum Gasteiger partial charge on any atom is 0.338 e. The molecule has 1 fully saturated rings. The van der Waals surface area contributed by atoms with E-state index in [1.54, 1.807) is 17.9 Å². The number of allylic oxidation sites excluding steroid dienone is 1. The highest BCUT2D eigenvalue weighted by atomic mass is 16.6. The molecule has 1 aromatic rings. The van der Waals surface area contributed by atoms with Crippen molar-refractivity contribution >= 4 is 17.7 Å². The lowest BCUT2D eigenvalue weighted by molar-refractivity contribution is -0.384. The highest BCUT2D eigenvalue weighted by Gasteiger charge is 2.42. The third kappa shape index (κ3) is 3.92. The molecular weight excluding hydrogens is 354 g/mol. The molecular formula is C18H21N3O6. The van der Waals surface area contributed by atoms with E-state index < -0.39 is 16.9 Å². The average Bonchev–Trinajstić information content (AvgIpc) is 3.46. The molecule has 3 rings (SSSR count). The summed E-state index contributed by atoms with van der Waals surface area (Å²) in [6, 6.07) is 4.81. The van der Waals surface area contributed by atoms with Crippen molar-refractivity contribution in [3.05, 3.63) is 51.2 Å². The van der Waals surface area contributed by atoms with Crippen LogP contribution in [0.3, 0.4) is 0 Å². The number of nitrogens with zero attached hydrogens (tertiary/aromatic N) is 2. The highest BCUT2D eigenvalue weighted by Crippen LogP contribution is 2.38. The van der Waals surface area contributed by atoms with Crippen LogP contribution in [0.4, 0.5) is 10.5 Å². The van der Waals surface area contributed by atoms with Crippen LogP contribution in [0.5, 0.6) is 0 Å². The van der Waals surface area contributed by atoms with Crippen LogP contribution in [0, 0.1) is 10.1 Å². The van der Waals surface area contributed by atoms with E-state index in [1.807, 2.05) is 0 Å². The van der Waals surface area contributed by atoms with Gasteiger partial charge in [0.05, 0.1) is 23.1 Å². The number of non-ortho nitro benzene ring substituents is 1. The molecule has 144 valence electrons. The summed E-state index contributed by atoms with van der Waals surface area (Å²) in [5.41, 5.74) is 1.13. The highest BCUT2D eigenvalue weighted by molar-refractivity contribution is 5.95. The molecule has 0 aromatic heterocycles. The second-order valence-electron chi connectivity index (χ2n) is 6.46. The van der Waals surface area contributed by atoms with Crippen molar-refractivity contribution in [3.63, 3.8) is 0 Å². The van der Waals surface area contributed by atoms with Crippen LogP contribution in [-0.2, 0) is 14.3 Å². The van der Waals surface area contributed by atoms with Crippen LogP contribution in [0.2, 0.25) is 0 Å². The predicted octanol–water partition coefficient (Wildman–Crippen LogP) is 2.29. The van der Waals surface area contributed by atoms with Crippen molar-refractivity contribution in [2.75, 3.05) is 20.3 Å². The molecule has 1 heterocycles. The molecule has 0 radical (unpaired) electrons. The minimum atomic E-state index is -0.817. The Hall–Kier alpha value is -2.94. The third-order valence-electron chi connectivity index (χ3n) is 4.59. The number of ether oxygens (including phenoxy) is 2. The van der Waals surface area contributed by atoms with Crippen LogP contribution in [0.15, 0.2) is 35.5 Å². The van der Waals surface area contributed by atoms with Gasteiger partial charge in [0.25, 0.3) is 5.69 Å². The number of nitrogens with one attached hydrogen (secondary N) is 1. The first-order chi connectivity index (χ1) is 12.9. The van der Waals surface area contributed by atoms with Gasteiger partial charge in [0.2, 0.25) is 0 Å². The number of esters is 1. The van der Waals surface area contributed by atoms with Crippen molar-refractivity contribution in [2.45, 2.75) is 31.8 Å². The second-order valence-corrected chi connectivity index (χ2v) is 6.46. The van der Waals surface area contributed by atoms with Crippen molar-refractivity contribution < 1.29 is 24.0 Å². The third-order valence-corrected chi connectivity index (χ3v) is 4.59. The first-order valence-corrected chi connectivity index (χ1v) is 8.65. The number of nitro benzene ring substituents is 1. The molecule has 0 saturated heterocycles. The summed E-state index contributed by atoms with van der Waals surface area (Å²) in [4.78, 5) is 37.5. The first kappa shape index (κ1) is 18.8. The monoisotopic (exact) mass is 375 g/mol. The fraction of sp³-hybridized carbons (Fsp3) is 0.444. The molecule has 0 unspecified atom stereocenters. The number of nitro groups is 1. The van der Waals surface area contributed by atoms with E-state index in [9.17, 15) is 19.7 Å². The van der Waals surface area contributed by atoms with E-state index in [2.05, 4.69) is 5.32 Å². The summed E-state index contributed by atoms with van der Waals surface area (Å²) in [7, 11) is 1.50. The Kier molecular flexibility index (Phi) is 5.41. The predicted molar refractivity (Wildman–Crippen MR) is 94.8 cm³/mol. The van der Waals surface area contributed by atoms with Gasteiger partial charge in [-0.05, 0) is 25.3 Å². The van der Waals surface area contributed by atoms with E-state index >= 15 is 0 Å². The zero-order valence-corrected chi connectivity index (χ0v) is 15.1. The molecule has 1 aromatic carbocycles. The average molecular weight is 375 g/mol. The van der Waals surface area contributed by atoms with Gasteiger partial charge in [0.1, 0.15) is 6.61 Å². The lowest BCUT2D eigenvalue weighted by atomic mass is 9.94. The summed E-state index contributed by atoms with van der Waals surface area (Å²) in [5, 5.41) is 13.9. The van der Waals surface area contributed by atoms with Gasteiger partial charge in [0.15, 0.2) is 0 Å². The van der Waals surface area contributed by atoms with Crippen molar-refractivity contribution in [1.82, 2.24) is 10.2 Å². The van der Waals surface area contributed by atoms with Crippen LogP contribution in [0.25, 0.3) is 0 Å². The summed E-state index contributed by atoms with van der Waals surface area (Å²) < 4.78 is 10.2. The normalized spacial score (nSPS) is 19.7. The van der Waals surface area contributed by atoms with Crippen LogP contribution >= 0.6 is 0 Å². The van der Waals surface area contributed by atoms with Crippen LogP contribution in [0.1, 0.15) is 31.4 Å². The Balaban J connectivity index is 1.99. The first-order valence-electron chi connectivity index (χ1n) is 8.65. The maximum atomic E-state index is 12.7. The number of carbonyl (C=O) groups excluding carboxylic acids is 2. The van der Waals surface area contributed by atoms with Gasteiger partial charge in [-0.1, -0.05) is 12.1 Å². The van der Waals surface area contributed by atoms with E-state index in [4.69, 9.17) is 9.47 Å². The number of urea groups is 1. The zero-order valence-electron chi connectivity index (χ0n) is 15.1. The minimum Gasteiger partial charge on any atom is -0.460 e. The van der Waals surface area contributed by atoms with Gasteiger partial charge >= 0.3 is 12.0 Å². The lowest BCUT2D eigenvalue weighted by Crippen LogP contribution is -2.49. The largest absolute Gasteiger partial charge is 0.460 e. The number of rotatable bonds is 7. The number of hydrogen-bond donors (Lipinski definition) is 1. The van der Waals surface area contributed by atoms with Gasteiger partial charge in [-0.3, -0.25) is 15.0 Å². The van der Waals surface area contributed by atoms with Gasteiger partial charge in [-0.2, -0.15) is 0 Å². The minimum absolute atomic E-state index is 0.0674. The topological polar surface area (TPSA) is 111 Å². The smallest absolute Gasteiger partial charge is 0.338 e. The maximum absolute atomic E-state index is 12.7. The summed E-state index contributed by atoms with van der Waals surface area (Å²) in [6.45, 7) is 2.03. The quantitative estimate of drug-likeness (QED) is 0.339. The SMILES string of the molecule is COCCOC(=O)C1=C(C)N(C2CC2)C(=O)N[C@H]1c1cccc([N+](=O)[O-])c1. The number of carbonyl (C=O) groups is 2. The molecule has 0 spiro atoms. The fourth-order valence-corrected chi connectivity index (χ4v) is 3.16. The molecule has 1 N–H and O–H groups in total. The number of benzene rings is 1. The molecule has 1 atom stereocenters. The van der Waals surface area contributed by atoms with Gasteiger partial charge in [-0.25, -0.2) is 9.59 Å². The Morgan fingerprint density at radius 1 is 1.37 bits per heavy atom. The molecule has 1 aliphatic carbocycles. The van der Waals surface area contributed by atoms with Gasteiger partial charge in [0, 0.05) is 31.0 Å².